The molecule has 100 valence electrons. The van der Waals surface area contributed by atoms with Crippen LogP contribution in [0.5, 0.6) is 0 Å². The minimum Gasteiger partial charge on any atom is -0.352 e. The second-order valence-corrected chi connectivity index (χ2v) is 5.86. The number of anilines is 2. The molecule has 1 fully saturated rings. The SMILES string of the molecule is Cc1nc(N2CCN(c3cnccn3)CC2)sc1C. The van der Waals surface area contributed by atoms with Crippen LogP contribution in [-0.2, 0) is 0 Å². The minimum atomic E-state index is 0.966. The molecule has 3 rings (SSSR count). The van der Waals surface area contributed by atoms with Gasteiger partial charge < -0.3 is 9.80 Å². The molecule has 0 unspecified atom stereocenters. The Hall–Kier alpha value is -1.69. The molecule has 0 N–H and O–H groups in total. The number of aromatic nitrogens is 3. The molecule has 0 atom stereocenters. The number of hydrogen-bond donors (Lipinski definition) is 0. The Bertz CT molecular complexity index is 526. The van der Waals surface area contributed by atoms with Crippen molar-refractivity contribution in [3.8, 4) is 0 Å². The second-order valence-electron chi connectivity index (χ2n) is 4.68. The van der Waals surface area contributed by atoms with Crippen molar-refractivity contribution in [2.45, 2.75) is 13.8 Å². The maximum Gasteiger partial charge on any atom is 0.185 e. The summed E-state index contributed by atoms with van der Waals surface area (Å²) in [5.74, 6) is 0.966. The molecular formula is C13H17N5S. The molecule has 0 amide bonds. The van der Waals surface area contributed by atoms with Gasteiger partial charge in [-0.25, -0.2) is 9.97 Å². The summed E-state index contributed by atoms with van der Waals surface area (Å²) >= 11 is 1.79. The van der Waals surface area contributed by atoms with Crippen LogP contribution in [0.4, 0.5) is 10.9 Å². The molecule has 2 aromatic heterocycles. The van der Waals surface area contributed by atoms with Crippen LogP contribution < -0.4 is 9.80 Å². The van der Waals surface area contributed by atoms with Gasteiger partial charge in [0.1, 0.15) is 5.82 Å². The number of hydrogen-bond acceptors (Lipinski definition) is 6. The highest BCUT2D eigenvalue weighted by Crippen LogP contribution is 2.26. The number of thiazole rings is 1. The zero-order chi connectivity index (χ0) is 13.2. The van der Waals surface area contributed by atoms with Crippen molar-refractivity contribution in [2.24, 2.45) is 0 Å². The van der Waals surface area contributed by atoms with Crippen molar-refractivity contribution < 1.29 is 0 Å². The molecule has 0 aliphatic carbocycles. The summed E-state index contributed by atoms with van der Waals surface area (Å²) < 4.78 is 0. The fourth-order valence-corrected chi connectivity index (χ4v) is 3.13. The predicted octanol–water partition coefficient (Wildman–Crippen LogP) is 1.88. The van der Waals surface area contributed by atoms with Gasteiger partial charge in [-0.3, -0.25) is 4.98 Å². The quantitative estimate of drug-likeness (QED) is 0.837. The van der Waals surface area contributed by atoms with Crippen molar-refractivity contribution in [1.82, 2.24) is 15.0 Å². The lowest BCUT2D eigenvalue weighted by atomic mass is 10.3. The van der Waals surface area contributed by atoms with Crippen LogP contribution in [-0.4, -0.2) is 41.1 Å². The van der Waals surface area contributed by atoms with E-state index in [1.165, 1.54) is 4.88 Å². The summed E-state index contributed by atoms with van der Waals surface area (Å²) in [5, 5.41) is 1.15. The summed E-state index contributed by atoms with van der Waals surface area (Å²) in [6.07, 6.45) is 5.28. The highest BCUT2D eigenvalue weighted by molar-refractivity contribution is 7.15. The topological polar surface area (TPSA) is 45.2 Å². The molecular weight excluding hydrogens is 258 g/mol. The molecule has 0 aromatic carbocycles. The third-order valence-electron chi connectivity index (χ3n) is 3.44. The molecule has 0 bridgehead atoms. The van der Waals surface area contributed by atoms with E-state index < -0.39 is 0 Å². The molecule has 3 heterocycles. The lowest BCUT2D eigenvalue weighted by Crippen LogP contribution is -2.46. The van der Waals surface area contributed by atoms with E-state index in [0.29, 0.717) is 0 Å². The molecule has 0 saturated carbocycles. The first-order valence-corrected chi connectivity index (χ1v) is 7.25. The van der Waals surface area contributed by atoms with E-state index in [1.54, 1.807) is 23.7 Å². The summed E-state index contributed by atoms with van der Waals surface area (Å²) in [6, 6.07) is 0. The van der Waals surface area contributed by atoms with Crippen LogP contribution in [0.1, 0.15) is 10.6 Å². The van der Waals surface area contributed by atoms with Crippen LogP contribution in [0.15, 0.2) is 18.6 Å². The molecule has 2 aromatic rings. The maximum atomic E-state index is 4.63. The van der Waals surface area contributed by atoms with Crippen molar-refractivity contribution in [3.05, 3.63) is 29.2 Å². The molecule has 1 aliphatic rings. The van der Waals surface area contributed by atoms with E-state index in [1.807, 2.05) is 6.20 Å². The summed E-state index contributed by atoms with van der Waals surface area (Å²) in [4.78, 5) is 19.0. The molecule has 5 nitrogen and oxygen atoms in total. The zero-order valence-corrected chi connectivity index (χ0v) is 12.0. The Kier molecular flexibility index (Phi) is 3.33. The number of aryl methyl sites for hydroxylation is 2. The van der Waals surface area contributed by atoms with Crippen molar-refractivity contribution in [3.63, 3.8) is 0 Å². The van der Waals surface area contributed by atoms with Gasteiger partial charge in [-0.2, -0.15) is 0 Å². The third-order valence-corrected chi connectivity index (χ3v) is 4.57. The third kappa shape index (κ3) is 2.53. The first-order chi connectivity index (χ1) is 9.24. The summed E-state index contributed by atoms with van der Waals surface area (Å²) in [6.45, 7) is 8.12. The standard InChI is InChI=1S/C13H17N5S/c1-10-11(2)19-13(16-10)18-7-5-17(6-8-18)12-9-14-3-4-15-12/h3-4,9H,5-8H2,1-2H3. The van der Waals surface area contributed by atoms with Crippen LogP contribution in [0.3, 0.4) is 0 Å². The van der Waals surface area contributed by atoms with Gasteiger partial charge >= 0.3 is 0 Å². The van der Waals surface area contributed by atoms with Crippen LogP contribution in [0.25, 0.3) is 0 Å². The fraction of sp³-hybridized carbons (Fsp3) is 0.462. The Morgan fingerprint density at radius 1 is 1.05 bits per heavy atom. The van der Waals surface area contributed by atoms with Gasteiger partial charge in [-0.1, -0.05) is 0 Å². The fourth-order valence-electron chi connectivity index (χ4n) is 2.17. The van der Waals surface area contributed by atoms with Gasteiger partial charge in [0.2, 0.25) is 0 Å². The second kappa shape index (κ2) is 5.13. The Labute approximate surface area is 116 Å². The highest BCUT2D eigenvalue weighted by atomic mass is 32.1. The van der Waals surface area contributed by atoms with Gasteiger partial charge in [0, 0.05) is 43.4 Å². The Morgan fingerprint density at radius 3 is 2.37 bits per heavy atom. The molecule has 19 heavy (non-hydrogen) atoms. The zero-order valence-electron chi connectivity index (χ0n) is 11.2. The van der Waals surface area contributed by atoms with Gasteiger partial charge in [-0.05, 0) is 13.8 Å². The van der Waals surface area contributed by atoms with Gasteiger partial charge in [-0.15, -0.1) is 11.3 Å². The van der Waals surface area contributed by atoms with E-state index >= 15 is 0 Å². The van der Waals surface area contributed by atoms with E-state index in [4.69, 9.17) is 0 Å². The smallest absolute Gasteiger partial charge is 0.185 e. The lowest BCUT2D eigenvalue weighted by Gasteiger charge is -2.35. The van der Waals surface area contributed by atoms with Gasteiger partial charge in [0.05, 0.1) is 11.9 Å². The van der Waals surface area contributed by atoms with Crippen molar-refractivity contribution in [1.29, 1.82) is 0 Å². The number of rotatable bonds is 2. The van der Waals surface area contributed by atoms with Gasteiger partial charge in [0.25, 0.3) is 0 Å². The van der Waals surface area contributed by atoms with E-state index in [2.05, 4.69) is 38.6 Å². The first-order valence-electron chi connectivity index (χ1n) is 6.44. The largest absolute Gasteiger partial charge is 0.352 e. The average molecular weight is 275 g/mol. The number of nitrogens with zero attached hydrogens (tertiary/aromatic N) is 5. The van der Waals surface area contributed by atoms with Gasteiger partial charge in [0.15, 0.2) is 5.13 Å². The monoisotopic (exact) mass is 275 g/mol. The Balaban J connectivity index is 1.66. The van der Waals surface area contributed by atoms with Crippen LogP contribution >= 0.6 is 11.3 Å². The van der Waals surface area contributed by atoms with Crippen LogP contribution in [0, 0.1) is 13.8 Å². The number of piperazine rings is 1. The molecule has 1 saturated heterocycles. The van der Waals surface area contributed by atoms with E-state index in [9.17, 15) is 0 Å². The highest BCUT2D eigenvalue weighted by Gasteiger charge is 2.20. The van der Waals surface area contributed by atoms with Crippen molar-refractivity contribution in [2.75, 3.05) is 36.0 Å². The lowest BCUT2D eigenvalue weighted by molar-refractivity contribution is 0.644. The molecule has 6 heteroatoms. The first kappa shape index (κ1) is 12.3. The summed E-state index contributed by atoms with van der Waals surface area (Å²) in [7, 11) is 0. The average Bonchev–Trinajstić information content (AvgIpc) is 2.80. The Morgan fingerprint density at radius 2 is 1.79 bits per heavy atom. The molecule has 1 aliphatic heterocycles. The predicted molar refractivity (Wildman–Crippen MR) is 78.0 cm³/mol. The van der Waals surface area contributed by atoms with Crippen molar-refractivity contribution >= 4 is 22.3 Å². The minimum absolute atomic E-state index is 0.966. The molecule has 0 radical (unpaired) electrons. The van der Waals surface area contributed by atoms with E-state index in [0.717, 1.165) is 42.8 Å². The normalized spacial score (nSPS) is 15.9. The summed E-state index contributed by atoms with van der Waals surface area (Å²) in [5.41, 5.74) is 1.15. The van der Waals surface area contributed by atoms with E-state index in [-0.39, 0.29) is 0 Å². The van der Waals surface area contributed by atoms with Crippen LogP contribution in [0.2, 0.25) is 0 Å². The molecule has 0 spiro atoms. The maximum absolute atomic E-state index is 4.63.